The molecule has 0 fully saturated rings. The quantitative estimate of drug-likeness (QED) is 0.514. The van der Waals surface area contributed by atoms with E-state index in [0.29, 0.717) is 0 Å². The van der Waals surface area contributed by atoms with Gasteiger partial charge in [-0.2, -0.15) is 15.0 Å². The first-order valence-electron chi connectivity index (χ1n) is 7.41. The Morgan fingerprint density at radius 2 is 1.93 bits per heavy atom. The maximum Gasteiger partial charge on any atom is 0.335 e. The van der Waals surface area contributed by atoms with Crippen molar-refractivity contribution in [2.75, 3.05) is 23.1 Å². The number of nitrogens with one attached hydrogen (secondary N) is 3. The molecule has 2 aromatic rings. The van der Waals surface area contributed by atoms with E-state index in [1.165, 1.54) is 32.2 Å². The van der Waals surface area contributed by atoms with Crippen molar-refractivity contribution in [1.29, 1.82) is 0 Å². The van der Waals surface area contributed by atoms with Crippen molar-refractivity contribution in [2.45, 2.75) is 11.8 Å². The van der Waals surface area contributed by atoms with Gasteiger partial charge in [0.15, 0.2) is 0 Å². The van der Waals surface area contributed by atoms with Crippen LogP contribution in [0.25, 0.3) is 0 Å². The lowest BCUT2D eigenvalue weighted by molar-refractivity contribution is -0.113. The van der Waals surface area contributed by atoms with E-state index >= 15 is 0 Å². The van der Waals surface area contributed by atoms with Gasteiger partial charge < -0.3 is 10.1 Å². The third-order valence-corrected chi connectivity index (χ3v) is 5.36. The van der Waals surface area contributed by atoms with Crippen LogP contribution in [0.3, 0.4) is 0 Å². The number of hydrogen-bond acceptors (Lipinski definition) is 8. The molecule has 3 N–H and O–H groups in total. The van der Waals surface area contributed by atoms with Crippen molar-refractivity contribution in [1.82, 2.24) is 19.7 Å². The maximum absolute atomic E-state index is 12.6. The Morgan fingerprint density at radius 3 is 2.57 bits per heavy atom. The average Bonchev–Trinajstić information content (AvgIpc) is 2.60. The Labute approximate surface area is 173 Å². The second-order valence-corrected chi connectivity index (χ2v) is 7.64. The highest BCUT2D eigenvalue weighted by atomic mass is 79.9. The summed E-state index contributed by atoms with van der Waals surface area (Å²) in [6, 6.07) is 2.88. The molecule has 150 valence electrons. The number of hydrogen-bond donors (Lipinski definition) is 3. The van der Waals surface area contributed by atoms with Gasteiger partial charge in [-0.1, -0.05) is 33.6 Å². The number of benzene rings is 1. The van der Waals surface area contributed by atoms with E-state index in [-0.39, 0.29) is 33.8 Å². The van der Waals surface area contributed by atoms with Gasteiger partial charge in [0.05, 0.1) is 23.1 Å². The van der Waals surface area contributed by atoms with Crippen LogP contribution in [-0.2, 0) is 14.8 Å². The summed E-state index contributed by atoms with van der Waals surface area (Å²) in [7, 11) is -3.12. The number of aromatic nitrogens is 3. The molecule has 0 atom stereocenters. The molecular weight excluding hydrogens is 480 g/mol. The Hall–Kier alpha value is -2.51. The van der Waals surface area contributed by atoms with Crippen LogP contribution in [-0.4, -0.2) is 47.7 Å². The molecular formula is C14H14BrClN6O5S. The number of ether oxygens (including phenoxy) is 1. The van der Waals surface area contributed by atoms with Crippen molar-refractivity contribution < 1.29 is 22.7 Å². The van der Waals surface area contributed by atoms with Gasteiger partial charge in [0.25, 0.3) is 10.0 Å². The predicted octanol–water partition coefficient (Wildman–Crippen LogP) is 1.69. The zero-order valence-corrected chi connectivity index (χ0v) is 17.6. The van der Waals surface area contributed by atoms with Gasteiger partial charge in [0.1, 0.15) is 10.7 Å². The van der Waals surface area contributed by atoms with Crippen molar-refractivity contribution in [3.8, 4) is 6.01 Å². The average molecular weight is 494 g/mol. The summed E-state index contributed by atoms with van der Waals surface area (Å²) in [5.41, 5.74) is -0.0880. The lowest BCUT2D eigenvalue weighted by atomic mass is 10.3. The molecule has 0 bridgehead atoms. The van der Waals surface area contributed by atoms with Crippen LogP contribution in [0.15, 0.2) is 23.1 Å². The Balaban J connectivity index is 2.27. The summed E-state index contributed by atoms with van der Waals surface area (Å²) < 4.78 is 31.9. The van der Waals surface area contributed by atoms with E-state index in [1.54, 1.807) is 4.72 Å². The van der Waals surface area contributed by atoms with Crippen molar-refractivity contribution >= 4 is 61.1 Å². The molecule has 11 nitrogen and oxygen atoms in total. The molecule has 1 aromatic carbocycles. The number of anilines is 2. The Morgan fingerprint density at radius 1 is 1.21 bits per heavy atom. The fraction of sp³-hybridized carbons (Fsp3) is 0.214. The van der Waals surface area contributed by atoms with E-state index in [0.717, 1.165) is 0 Å². The van der Waals surface area contributed by atoms with Crippen LogP contribution in [0.4, 0.5) is 16.4 Å². The van der Waals surface area contributed by atoms with Crippen molar-refractivity contribution in [3.63, 3.8) is 0 Å². The molecule has 0 radical (unpaired) electrons. The summed E-state index contributed by atoms with van der Waals surface area (Å²) in [5, 5.41) is 4.30. The molecule has 0 unspecified atom stereocenters. The first-order chi connectivity index (χ1) is 13.2. The minimum Gasteiger partial charge on any atom is -0.467 e. The van der Waals surface area contributed by atoms with Gasteiger partial charge in [-0.3, -0.25) is 10.1 Å². The van der Waals surface area contributed by atoms with Gasteiger partial charge >= 0.3 is 12.0 Å². The lowest BCUT2D eigenvalue weighted by Gasteiger charge is -2.14. The van der Waals surface area contributed by atoms with Gasteiger partial charge in [-0.15, -0.1) is 0 Å². The van der Waals surface area contributed by atoms with Gasteiger partial charge in [-0.25, -0.2) is 17.9 Å². The maximum atomic E-state index is 12.6. The summed E-state index contributed by atoms with van der Waals surface area (Å²) in [6.45, 7) is 1.53. The summed E-state index contributed by atoms with van der Waals surface area (Å²) >= 11 is 8.94. The number of methoxy groups -OCH3 is 1. The number of amides is 3. The number of aryl methyl sites for hydroxylation is 1. The van der Waals surface area contributed by atoms with Crippen LogP contribution < -0.4 is 20.1 Å². The zero-order chi connectivity index (χ0) is 20.9. The highest BCUT2D eigenvalue weighted by Gasteiger charge is 2.25. The SMILES string of the molecule is COc1nc(C)nc(NC(=O)NS(=O)(=O)c2c(Cl)cccc2NC(=O)CBr)n1. The van der Waals surface area contributed by atoms with E-state index in [4.69, 9.17) is 16.3 Å². The topological polar surface area (TPSA) is 152 Å². The molecule has 3 amide bonds. The van der Waals surface area contributed by atoms with Gasteiger partial charge in [0.2, 0.25) is 11.9 Å². The number of rotatable bonds is 6. The lowest BCUT2D eigenvalue weighted by Crippen LogP contribution is -2.35. The molecule has 2 rings (SSSR count). The smallest absolute Gasteiger partial charge is 0.335 e. The summed E-state index contributed by atoms with van der Waals surface area (Å²) in [5.74, 6) is -0.476. The standard InChI is InChI=1S/C14H14BrClN6O5S/c1-7-17-12(21-14(18-7)27-2)20-13(24)22-28(25,26)11-8(16)4-3-5-9(11)19-10(23)6-15/h3-5H,6H2,1-2H3,(H,19,23)(H2,17,18,20,21,22,24). The Kier molecular flexibility index (Phi) is 7.10. The zero-order valence-electron chi connectivity index (χ0n) is 14.5. The monoisotopic (exact) mass is 492 g/mol. The van der Waals surface area contributed by atoms with Crippen LogP contribution in [0.2, 0.25) is 5.02 Å². The van der Waals surface area contributed by atoms with Crippen LogP contribution in [0.1, 0.15) is 5.82 Å². The third-order valence-electron chi connectivity index (χ3n) is 2.99. The molecule has 0 aliphatic heterocycles. The largest absolute Gasteiger partial charge is 0.467 e. The van der Waals surface area contributed by atoms with E-state index in [1.807, 2.05) is 0 Å². The fourth-order valence-electron chi connectivity index (χ4n) is 1.97. The minimum atomic E-state index is -4.45. The van der Waals surface area contributed by atoms with Crippen LogP contribution in [0, 0.1) is 6.92 Å². The third kappa shape index (κ3) is 5.50. The number of halogens is 2. The molecule has 0 saturated carbocycles. The second-order valence-electron chi connectivity index (χ2n) is 5.05. The Bertz CT molecular complexity index is 1020. The highest BCUT2D eigenvalue weighted by Crippen LogP contribution is 2.29. The predicted molar refractivity (Wildman–Crippen MR) is 104 cm³/mol. The fourth-order valence-corrected chi connectivity index (χ4v) is 3.72. The number of urea groups is 1. The number of alkyl halides is 1. The van der Waals surface area contributed by atoms with E-state index < -0.39 is 26.9 Å². The number of sulfonamides is 1. The second kappa shape index (κ2) is 9.12. The first kappa shape index (κ1) is 21.8. The van der Waals surface area contributed by atoms with E-state index in [9.17, 15) is 18.0 Å². The number of nitrogens with zero attached hydrogens (tertiary/aromatic N) is 3. The normalized spacial score (nSPS) is 10.9. The molecule has 1 heterocycles. The van der Waals surface area contributed by atoms with Crippen LogP contribution in [0.5, 0.6) is 6.01 Å². The molecule has 0 aliphatic carbocycles. The van der Waals surface area contributed by atoms with Crippen molar-refractivity contribution in [2.24, 2.45) is 0 Å². The minimum absolute atomic E-state index is 0.0588. The molecule has 1 aromatic heterocycles. The van der Waals surface area contributed by atoms with Crippen molar-refractivity contribution in [3.05, 3.63) is 29.0 Å². The molecule has 28 heavy (non-hydrogen) atoms. The number of carbonyl (C=O) groups is 2. The van der Waals surface area contributed by atoms with Gasteiger partial charge in [0, 0.05) is 0 Å². The molecule has 0 aliphatic rings. The number of carbonyl (C=O) groups excluding carboxylic acids is 2. The van der Waals surface area contributed by atoms with Crippen LogP contribution >= 0.6 is 27.5 Å². The highest BCUT2D eigenvalue weighted by molar-refractivity contribution is 9.09. The summed E-state index contributed by atoms with van der Waals surface area (Å²) in [6.07, 6.45) is 0. The molecule has 0 saturated heterocycles. The summed E-state index contributed by atoms with van der Waals surface area (Å²) in [4.78, 5) is 34.7. The molecule has 14 heteroatoms. The first-order valence-corrected chi connectivity index (χ1v) is 10.4. The van der Waals surface area contributed by atoms with E-state index in [2.05, 4.69) is 41.5 Å². The van der Waals surface area contributed by atoms with Gasteiger partial charge in [-0.05, 0) is 19.1 Å². The molecule has 0 spiro atoms.